The molecule has 0 aliphatic carbocycles. The first-order valence-corrected chi connectivity index (χ1v) is 6.88. The summed E-state index contributed by atoms with van der Waals surface area (Å²) in [4.78, 5) is 4.39. The molecule has 92 valence electrons. The second kappa shape index (κ2) is 5.93. The topological polar surface area (TPSA) is 42.7 Å². The lowest BCUT2D eigenvalue weighted by Gasteiger charge is -2.13. The van der Waals surface area contributed by atoms with E-state index < -0.39 is 0 Å². The number of hydrogen-bond acceptors (Lipinski definition) is 4. The number of thiazole rings is 1. The maximum atomic E-state index is 4.39. The van der Waals surface area contributed by atoms with Crippen LogP contribution in [0.3, 0.4) is 0 Å². The van der Waals surface area contributed by atoms with Crippen molar-refractivity contribution in [3.05, 3.63) is 34.5 Å². The summed E-state index contributed by atoms with van der Waals surface area (Å²) in [5.74, 6) is 0. The molecule has 0 fully saturated rings. The molecule has 5 heteroatoms. The van der Waals surface area contributed by atoms with Gasteiger partial charge >= 0.3 is 0 Å². The average molecular weight is 250 g/mol. The Labute approximate surface area is 106 Å². The highest BCUT2D eigenvalue weighted by Crippen LogP contribution is 2.23. The fourth-order valence-electron chi connectivity index (χ4n) is 1.81. The number of nitrogens with zero attached hydrogens (tertiary/aromatic N) is 3. The molecular weight excluding hydrogens is 232 g/mol. The summed E-state index contributed by atoms with van der Waals surface area (Å²) in [6, 6.07) is 0.172. The number of rotatable bonds is 6. The van der Waals surface area contributed by atoms with Crippen molar-refractivity contribution in [3.8, 4) is 0 Å². The zero-order valence-corrected chi connectivity index (χ0v) is 11.1. The van der Waals surface area contributed by atoms with Crippen molar-refractivity contribution < 1.29 is 0 Å². The van der Waals surface area contributed by atoms with E-state index in [1.165, 1.54) is 5.56 Å². The van der Waals surface area contributed by atoms with Crippen molar-refractivity contribution in [2.45, 2.75) is 32.9 Å². The molecule has 2 rings (SSSR count). The van der Waals surface area contributed by atoms with E-state index in [2.05, 4.69) is 35.4 Å². The van der Waals surface area contributed by atoms with Crippen LogP contribution in [-0.4, -0.2) is 21.3 Å². The van der Waals surface area contributed by atoms with Gasteiger partial charge in [0.25, 0.3) is 0 Å². The minimum Gasteiger partial charge on any atom is -0.304 e. The summed E-state index contributed by atoms with van der Waals surface area (Å²) in [5.41, 5.74) is 1.19. The number of nitrogens with one attached hydrogen (secondary N) is 1. The van der Waals surface area contributed by atoms with Crippen LogP contribution in [0.1, 0.15) is 36.9 Å². The van der Waals surface area contributed by atoms with Crippen LogP contribution < -0.4 is 5.32 Å². The van der Waals surface area contributed by atoms with Gasteiger partial charge in [-0.25, -0.2) is 4.98 Å². The van der Waals surface area contributed by atoms with Gasteiger partial charge in [0.1, 0.15) is 5.01 Å². The maximum absolute atomic E-state index is 4.39. The van der Waals surface area contributed by atoms with E-state index in [1.807, 2.05) is 22.5 Å². The van der Waals surface area contributed by atoms with Crippen molar-refractivity contribution >= 4 is 11.3 Å². The van der Waals surface area contributed by atoms with Crippen LogP contribution in [-0.2, 0) is 6.54 Å². The minimum absolute atomic E-state index is 0.172. The summed E-state index contributed by atoms with van der Waals surface area (Å²) in [5, 5.41) is 10.9. The van der Waals surface area contributed by atoms with E-state index in [0.717, 1.165) is 24.5 Å². The van der Waals surface area contributed by atoms with Crippen molar-refractivity contribution in [1.82, 2.24) is 20.1 Å². The van der Waals surface area contributed by atoms with Gasteiger partial charge in [-0.1, -0.05) is 13.8 Å². The standard InChI is InChI=1S/C12H18N4S/c1-3-6-16-9-10(8-15-16)11(13-4-2)12-14-5-7-17-12/h5,7-9,11,13H,3-4,6H2,1-2H3. The summed E-state index contributed by atoms with van der Waals surface area (Å²) in [6.07, 6.45) is 6.99. The van der Waals surface area contributed by atoms with Crippen LogP contribution in [0.15, 0.2) is 24.0 Å². The third-order valence-corrected chi connectivity index (χ3v) is 3.39. The molecule has 2 aromatic heterocycles. The highest BCUT2D eigenvalue weighted by atomic mass is 32.1. The summed E-state index contributed by atoms with van der Waals surface area (Å²) in [6.45, 7) is 6.15. The Kier molecular flexibility index (Phi) is 4.28. The van der Waals surface area contributed by atoms with Crippen LogP contribution >= 0.6 is 11.3 Å². The molecule has 0 aliphatic heterocycles. The maximum Gasteiger partial charge on any atom is 0.114 e. The zero-order chi connectivity index (χ0) is 12.1. The van der Waals surface area contributed by atoms with Crippen molar-refractivity contribution in [1.29, 1.82) is 0 Å². The van der Waals surface area contributed by atoms with Gasteiger partial charge in [-0.05, 0) is 13.0 Å². The first-order valence-electron chi connectivity index (χ1n) is 6.00. The highest BCUT2D eigenvalue weighted by Gasteiger charge is 2.16. The van der Waals surface area contributed by atoms with Gasteiger partial charge in [0.2, 0.25) is 0 Å². The smallest absolute Gasteiger partial charge is 0.114 e. The molecule has 0 amide bonds. The number of aryl methyl sites for hydroxylation is 1. The normalized spacial score (nSPS) is 12.8. The summed E-state index contributed by atoms with van der Waals surface area (Å²) in [7, 11) is 0. The third-order valence-electron chi connectivity index (χ3n) is 2.55. The van der Waals surface area contributed by atoms with Crippen molar-refractivity contribution in [3.63, 3.8) is 0 Å². The molecular formula is C12H18N4S. The monoisotopic (exact) mass is 250 g/mol. The van der Waals surface area contributed by atoms with Gasteiger partial charge in [0.05, 0.1) is 12.2 Å². The largest absolute Gasteiger partial charge is 0.304 e. The van der Waals surface area contributed by atoms with Crippen LogP contribution in [0.4, 0.5) is 0 Å². The Hall–Kier alpha value is -1.20. The molecule has 1 N–H and O–H groups in total. The van der Waals surface area contributed by atoms with Gasteiger partial charge in [-0.3, -0.25) is 4.68 Å². The lowest BCUT2D eigenvalue weighted by atomic mass is 10.2. The van der Waals surface area contributed by atoms with E-state index in [4.69, 9.17) is 0 Å². The molecule has 1 atom stereocenters. The van der Waals surface area contributed by atoms with E-state index in [-0.39, 0.29) is 6.04 Å². The lowest BCUT2D eigenvalue weighted by molar-refractivity contribution is 0.597. The predicted octanol–water partition coefficient (Wildman–Crippen LogP) is 2.45. The van der Waals surface area contributed by atoms with E-state index in [0.29, 0.717) is 0 Å². The van der Waals surface area contributed by atoms with Crippen molar-refractivity contribution in [2.75, 3.05) is 6.54 Å². The molecule has 0 aliphatic rings. The number of hydrogen-bond donors (Lipinski definition) is 1. The quantitative estimate of drug-likeness (QED) is 0.856. The highest BCUT2D eigenvalue weighted by molar-refractivity contribution is 7.09. The Morgan fingerprint density at radius 1 is 1.47 bits per heavy atom. The minimum atomic E-state index is 0.172. The fourth-order valence-corrected chi connectivity index (χ4v) is 2.55. The molecule has 0 radical (unpaired) electrons. The Morgan fingerprint density at radius 3 is 3.00 bits per heavy atom. The van der Waals surface area contributed by atoms with Crippen molar-refractivity contribution in [2.24, 2.45) is 0 Å². The van der Waals surface area contributed by atoms with E-state index in [1.54, 1.807) is 11.3 Å². The second-order valence-corrected chi connectivity index (χ2v) is 4.82. The molecule has 0 spiro atoms. The fraction of sp³-hybridized carbons (Fsp3) is 0.500. The summed E-state index contributed by atoms with van der Waals surface area (Å²) >= 11 is 1.68. The first kappa shape index (κ1) is 12.3. The molecule has 2 aromatic rings. The van der Waals surface area contributed by atoms with Gasteiger partial charge in [-0.15, -0.1) is 11.3 Å². The molecule has 1 unspecified atom stereocenters. The Balaban J connectivity index is 2.20. The van der Waals surface area contributed by atoms with Crippen LogP contribution in [0.5, 0.6) is 0 Å². The first-order chi connectivity index (χ1) is 8.35. The van der Waals surface area contributed by atoms with E-state index >= 15 is 0 Å². The van der Waals surface area contributed by atoms with Crippen LogP contribution in [0, 0.1) is 0 Å². The molecule has 0 saturated heterocycles. The Bertz CT molecular complexity index is 435. The lowest BCUT2D eigenvalue weighted by Crippen LogP contribution is -2.21. The second-order valence-electron chi connectivity index (χ2n) is 3.90. The summed E-state index contributed by atoms with van der Waals surface area (Å²) < 4.78 is 1.99. The predicted molar refractivity (Wildman–Crippen MR) is 70.2 cm³/mol. The third kappa shape index (κ3) is 2.92. The zero-order valence-electron chi connectivity index (χ0n) is 10.3. The van der Waals surface area contributed by atoms with E-state index in [9.17, 15) is 0 Å². The van der Waals surface area contributed by atoms with Crippen LogP contribution in [0.25, 0.3) is 0 Å². The molecule has 2 heterocycles. The molecule has 0 saturated carbocycles. The average Bonchev–Trinajstić information content (AvgIpc) is 2.97. The van der Waals surface area contributed by atoms with Gasteiger partial charge in [-0.2, -0.15) is 5.10 Å². The SMILES string of the molecule is CCCn1cc(C(NCC)c2nccs2)cn1. The van der Waals surface area contributed by atoms with Gasteiger partial charge < -0.3 is 5.32 Å². The molecule has 17 heavy (non-hydrogen) atoms. The van der Waals surface area contributed by atoms with Crippen LogP contribution in [0.2, 0.25) is 0 Å². The Morgan fingerprint density at radius 2 is 2.35 bits per heavy atom. The van der Waals surface area contributed by atoms with Gasteiger partial charge in [0, 0.05) is 29.9 Å². The molecule has 4 nitrogen and oxygen atoms in total. The number of aromatic nitrogens is 3. The molecule has 0 bridgehead atoms. The molecule has 0 aromatic carbocycles. The van der Waals surface area contributed by atoms with Gasteiger partial charge in [0.15, 0.2) is 0 Å².